The topological polar surface area (TPSA) is 97.5 Å². The molecule has 7 heteroatoms. The van der Waals surface area contributed by atoms with Gasteiger partial charge in [0.15, 0.2) is 0 Å². The average Bonchev–Trinajstić information content (AvgIpc) is 2.68. The minimum Gasteiger partial charge on any atom is -0.507 e. The second-order valence-corrected chi connectivity index (χ2v) is 6.44. The van der Waals surface area contributed by atoms with Crippen molar-refractivity contribution in [3.8, 4) is 22.9 Å². The minimum atomic E-state index is -0.549. The lowest BCUT2D eigenvalue weighted by atomic mass is 9.94. The second kappa shape index (κ2) is 8.29. The van der Waals surface area contributed by atoms with Gasteiger partial charge >= 0.3 is 6.09 Å². The van der Waals surface area contributed by atoms with Gasteiger partial charge in [-0.05, 0) is 35.7 Å². The number of carbonyl (C=O) groups excluding carboxylic acids is 1. The largest absolute Gasteiger partial charge is 0.507 e. The van der Waals surface area contributed by atoms with Crippen LogP contribution in [0.1, 0.15) is 22.7 Å². The van der Waals surface area contributed by atoms with Crippen LogP contribution < -0.4 is 15.8 Å². The Morgan fingerprint density at radius 1 is 1.14 bits per heavy atom. The predicted octanol–water partition coefficient (Wildman–Crippen LogP) is 3.72. The first-order valence-electron chi connectivity index (χ1n) is 8.69. The molecule has 1 aromatic heterocycles. The van der Waals surface area contributed by atoms with Crippen LogP contribution in [0.15, 0.2) is 60.7 Å². The summed E-state index contributed by atoms with van der Waals surface area (Å²) in [6.45, 7) is 0.306. The number of benzene rings is 2. The summed E-state index contributed by atoms with van der Waals surface area (Å²) in [7, 11) is 0. The molecule has 1 unspecified atom stereocenters. The summed E-state index contributed by atoms with van der Waals surface area (Å²) in [5.41, 5.74) is 10.3. The molecule has 0 fully saturated rings. The van der Waals surface area contributed by atoms with Crippen LogP contribution in [-0.4, -0.2) is 16.2 Å². The fourth-order valence-electron chi connectivity index (χ4n) is 3.25. The smallest absolute Gasteiger partial charge is 0.414 e. The molecule has 0 radical (unpaired) electrons. The number of pyridine rings is 1. The van der Waals surface area contributed by atoms with E-state index in [4.69, 9.17) is 10.5 Å². The highest BCUT2D eigenvalue weighted by Gasteiger charge is 2.25. The van der Waals surface area contributed by atoms with Crippen molar-refractivity contribution >= 4 is 18.5 Å². The summed E-state index contributed by atoms with van der Waals surface area (Å²) >= 11 is 0. The molecule has 6 nitrogen and oxygen atoms in total. The van der Waals surface area contributed by atoms with Gasteiger partial charge in [-0.3, -0.25) is 0 Å². The van der Waals surface area contributed by atoms with Crippen LogP contribution in [0.25, 0.3) is 11.3 Å². The molecule has 1 atom stereocenters. The second-order valence-electron chi connectivity index (χ2n) is 6.44. The van der Waals surface area contributed by atoms with Gasteiger partial charge in [-0.25, -0.2) is 9.78 Å². The van der Waals surface area contributed by atoms with E-state index in [0.29, 0.717) is 24.2 Å². The van der Waals surface area contributed by atoms with Gasteiger partial charge < -0.3 is 20.9 Å². The van der Waals surface area contributed by atoms with Crippen molar-refractivity contribution < 1.29 is 14.6 Å². The fraction of sp³-hybridized carbons (Fsp3) is 0.143. The Kier molecular flexibility index (Phi) is 5.82. The molecule has 0 aliphatic carbocycles. The maximum absolute atomic E-state index is 11.7. The van der Waals surface area contributed by atoms with E-state index in [1.165, 1.54) is 0 Å². The summed E-state index contributed by atoms with van der Waals surface area (Å²) < 4.78 is 5.28. The highest BCUT2D eigenvalue weighted by Crippen LogP contribution is 2.35. The number of nitrogens with zero attached hydrogens (tertiary/aromatic N) is 1. The number of halogens is 1. The molecule has 3 aromatic rings. The van der Waals surface area contributed by atoms with E-state index in [2.05, 4.69) is 10.3 Å². The fourth-order valence-corrected chi connectivity index (χ4v) is 3.25. The number of ether oxygens (including phenoxy) is 1. The standard InChI is InChI=1S/C21H19N3O3.ClH/c22-17(10-13-6-2-1-3-7-13)15-11-18(14-8-4-5-9-19(14)25)24-20-16(15)12-23-21(26)27-20;/h1-9,11,17,25H,10,12,22H2,(H,23,26);1H. The van der Waals surface area contributed by atoms with Gasteiger partial charge in [-0.15, -0.1) is 12.4 Å². The number of hydrogen-bond donors (Lipinski definition) is 3. The lowest BCUT2D eigenvalue weighted by molar-refractivity contribution is 0.192. The van der Waals surface area contributed by atoms with Gasteiger partial charge in [0.2, 0.25) is 5.88 Å². The molecule has 0 bridgehead atoms. The molecule has 0 saturated carbocycles. The van der Waals surface area contributed by atoms with Crippen LogP contribution in [0.3, 0.4) is 0 Å². The van der Waals surface area contributed by atoms with Gasteiger partial charge in [0, 0.05) is 17.2 Å². The highest BCUT2D eigenvalue weighted by atomic mass is 35.5. The van der Waals surface area contributed by atoms with Gasteiger partial charge in [0.25, 0.3) is 0 Å². The summed E-state index contributed by atoms with van der Waals surface area (Å²) in [4.78, 5) is 16.1. The van der Waals surface area contributed by atoms with Crippen molar-refractivity contribution in [3.63, 3.8) is 0 Å². The lowest BCUT2D eigenvalue weighted by Crippen LogP contribution is -2.33. The number of aromatic hydroxyl groups is 1. The van der Waals surface area contributed by atoms with Gasteiger partial charge in [0.05, 0.1) is 12.2 Å². The number of phenols is 1. The molecule has 0 spiro atoms. The number of para-hydroxylation sites is 1. The Morgan fingerprint density at radius 3 is 2.61 bits per heavy atom. The summed E-state index contributed by atoms with van der Waals surface area (Å²) in [5.74, 6) is 0.339. The van der Waals surface area contributed by atoms with Crippen LogP contribution in [0.5, 0.6) is 11.6 Å². The zero-order valence-electron chi connectivity index (χ0n) is 15.0. The Morgan fingerprint density at radius 2 is 1.86 bits per heavy atom. The third kappa shape index (κ3) is 3.93. The third-order valence-electron chi connectivity index (χ3n) is 4.60. The minimum absolute atomic E-state index is 0. The predicted molar refractivity (Wildman–Crippen MR) is 109 cm³/mol. The zero-order chi connectivity index (χ0) is 18.8. The first-order chi connectivity index (χ1) is 13.1. The first-order valence-corrected chi connectivity index (χ1v) is 8.69. The van der Waals surface area contributed by atoms with Gasteiger partial charge in [-0.1, -0.05) is 42.5 Å². The van der Waals surface area contributed by atoms with E-state index < -0.39 is 6.09 Å². The monoisotopic (exact) mass is 397 g/mol. The van der Waals surface area contributed by atoms with E-state index in [1.54, 1.807) is 18.2 Å². The molecule has 0 saturated heterocycles. The molecule has 144 valence electrons. The Bertz CT molecular complexity index is 995. The van der Waals surface area contributed by atoms with Gasteiger partial charge in [0.1, 0.15) is 5.75 Å². The summed E-state index contributed by atoms with van der Waals surface area (Å²) in [5, 5.41) is 12.9. The van der Waals surface area contributed by atoms with Crippen LogP contribution in [0.2, 0.25) is 0 Å². The highest BCUT2D eigenvalue weighted by molar-refractivity contribution is 5.85. The van der Waals surface area contributed by atoms with E-state index in [0.717, 1.165) is 16.7 Å². The van der Waals surface area contributed by atoms with Gasteiger partial charge in [-0.2, -0.15) is 0 Å². The number of amides is 1. The maximum Gasteiger partial charge on any atom is 0.414 e. The van der Waals surface area contributed by atoms with Crippen LogP contribution >= 0.6 is 12.4 Å². The number of phenolic OH excluding ortho intramolecular Hbond substituents is 1. The van der Waals surface area contributed by atoms with Crippen LogP contribution in [-0.2, 0) is 13.0 Å². The molecule has 28 heavy (non-hydrogen) atoms. The number of carbonyl (C=O) groups is 1. The SMILES string of the molecule is Cl.NC(Cc1ccccc1)c1cc(-c2ccccc2O)nc2c1CNC(=O)O2. The number of nitrogens with two attached hydrogens (primary N) is 1. The number of hydrogen-bond acceptors (Lipinski definition) is 5. The molecular formula is C21H20ClN3O3. The normalized spacial score (nSPS) is 13.5. The van der Waals surface area contributed by atoms with E-state index in [-0.39, 0.29) is 30.1 Å². The number of nitrogens with one attached hydrogen (secondary N) is 1. The summed E-state index contributed by atoms with van der Waals surface area (Å²) in [6, 6.07) is 18.4. The van der Waals surface area contributed by atoms with E-state index in [1.807, 2.05) is 42.5 Å². The van der Waals surface area contributed by atoms with Crippen molar-refractivity contribution in [1.29, 1.82) is 0 Å². The number of rotatable bonds is 4. The molecule has 1 amide bonds. The third-order valence-corrected chi connectivity index (χ3v) is 4.60. The molecule has 1 aliphatic heterocycles. The van der Waals surface area contributed by atoms with Crippen LogP contribution in [0.4, 0.5) is 4.79 Å². The number of fused-ring (bicyclic) bond motifs is 1. The van der Waals surface area contributed by atoms with Crippen molar-refractivity contribution in [3.05, 3.63) is 77.4 Å². The van der Waals surface area contributed by atoms with E-state index >= 15 is 0 Å². The summed E-state index contributed by atoms with van der Waals surface area (Å²) in [6.07, 6.45) is 0.0813. The maximum atomic E-state index is 11.7. The van der Waals surface area contributed by atoms with E-state index in [9.17, 15) is 9.90 Å². The number of aromatic nitrogens is 1. The molecule has 4 N–H and O–H groups in total. The molecule has 2 heterocycles. The Hall–Kier alpha value is -3.09. The van der Waals surface area contributed by atoms with Crippen molar-refractivity contribution in [2.24, 2.45) is 5.73 Å². The van der Waals surface area contributed by atoms with Crippen molar-refractivity contribution in [2.45, 2.75) is 19.0 Å². The zero-order valence-corrected chi connectivity index (χ0v) is 15.8. The quantitative estimate of drug-likeness (QED) is 0.623. The molecule has 2 aromatic carbocycles. The molecular weight excluding hydrogens is 378 g/mol. The van der Waals surface area contributed by atoms with Crippen LogP contribution in [0, 0.1) is 0 Å². The Balaban J connectivity index is 0.00000225. The molecule has 4 rings (SSSR count). The average molecular weight is 398 g/mol. The van der Waals surface area contributed by atoms with Crippen molar-refractivity contribution in [2.75, 3.05) is 0 Å². The lowest BCUT2D eigenvalue weighted by Gasteiger charge is -2.23. The first kappa shape index (κ1) is 19.7. The molecule has 1 aliphatic rings. The van der Waals surface area contributed by atoms with Crippen molar-refractivity contribution in [1.82, 2.24) is 10.3 Å². The Labute approximate surface area is 168 Å².